The first-order valence-electron chi connectivity index (χ1n) is 7.22. The Morgan fingerprint density at radius 1 is 1.23 bits per heavy atom. The highest BCUT2D eigenvalue weighted by Crippen LogP contribution is 2.29. The Morgan fingerprint density at radius 3 is 2.73 bits per heavy atom. The number of nitrogens with one attached hydrogen (secondary N) is 1. The van der Waals surface area contributed by atoms with Crippen molar-refractivity contribution in [2.24, 2.45) is 0 Å². The molecule has 1 aromatic carbocycles. The maximum atomic E-state index is 13.1. The molecule has 0 unspecified atom stereocenters. The van der Waals surface area contributed by atoms with Crippen LogP contribution in [0, 0.1) is 5.82 Å². The van der Waals surface area contributed by atoms with Crippen molar-refractivity contribution in [3.63, 3.8) is 0 Å². The minimum absolute atomic E-state index is 0.0588. The molecule has 0 aliphatic heterocycles. The Bertz CT molecular complexity index is 808. The topological polar surface area (TPSA) is 46.4 Å². The second-order valence-electron chi connectivity index (χ2n) is 5.04. The van der Waals surface area contributed by atoms with Gasteiger partial charge in [-0.15, -0.1) is 0 Å². The third-order valence-electron chi connectivity index (χ3n) is 3.38. The van der Waals surface area contributed by atoms with E-state index in [1.54, 1.807) is 12.1 Å². The van der Waals surface area contributed by atoms with Crippen LogP contribution in [0.15, 0.2) is 48.7 Å². The lowest BCUT2D eigenvalue weighted by atomic mass is 10.1. The smallest absolute Gasteiger partial charge is 0.225 e. The monoisotopic (exact) mass is 297 g/mol. The van der Waals surface area contributed by atoms with Gasteiger partial charge in [-0.2, -0.15) is 0 Å². The summed E-state index contributed by atoms with van der Waals surface area (Å²) >= 11 is 0. The SMILES string of the molecule is CCCC(=O)Nc1c(-c2ccc(F)cc2)nc2ccccn12. The average Bonchev–Trinajstić information content (AvgIpc) is 2.87. The number of carbonyl (C=O) groups excluding carboxylic acids is 1. The fraction of sp³-hybridized carbons (Fsp3) is 0.176. The second-order valence-corrected chi connectivity index (χ2v) is 5.04. The van der Waals surface area contributed by atoms with Gasteiger partial charge >= 0.3 is 0 Å². The van der Waals surface area contributed by atoms with Crippen molar-refractivity contribution in [3.05, 3.63) is 54.5 Å². The molecule has 0 spiro atoms. The molecule has 0 radical (unpaired) electrons. The van der Waals surface area contributed by atoms with Crippen LogP contribution in [0.4, 0.5) is 10.2 Å². The molecular formula is C17H16FN3O. The van der Waals surface area contributed by atoms with Gasteiger partial charge in [-0.05, 0) is 42.8 Å². The van der Waals surface area contributed by atoms with E-state index in [9.17, 15) is 9.18 Å². The van der Waals surface area contributed by atoms with Crippen LogP contribution < -0.4 is 5.32 Å². The van der Waals surface area contributed by atoms with Crippen LogP contribution in [0.1, 0.15) is 19.8 Å². The number of halogens is 1. The Labute approximate surface area is 127 Å². The van der Waals surface area contributed by atoms with Gasteiger partial charge in [0.15, 0.2) is 0 Å². The summed E-state index contributed by atoms with van der Waals surface area (Å²) in [5.74, 6) is 0.251. The second kappa shape index (κ2) is 5.97. The lowest BCUT2D eigenvalue weighted by Gasteiger charge is -2.07. The molecule has 0 saturated carbocycles. The zero-order chi connectivity index (χ0) is 15.5. The van der Waals surface area contributed by atoms with E-state index in [2.05, 4.69) is 10.3 Å². The fourth-order valence-electron chi connectivity index (χ4n) is 2.35. The summed E-state index contributed by atoms with van der Waals surface area (Å²) in [5, 5.41) is 2.92. The largest absolute Gasteiger partial charge is 0.310 e. The molecule has 0 saturated heterocycles. The summed E-state index contributed by atoms with van der Waals surface area (Å²) in [6.07, 6.45) is 3.06. The summed E-state index contributed by atoms with van der Waals surface area (Å²) in [7, 11) is 0. The standard InChI is InChI=1S/C17H16FN3O/c1-2-5-15(22)20-17-16(12-7-9-13(18)10-8-12)19-14-6-3-4-11-21(14)17/h3-4,6-11H,2,5H2,1H3,(H,20,22). The summed E-state index contributed by atoms with van der Waals surface area (Å²) in [4.78, 5) is 16.5. The van der Waals surface area contributed by atoms with Crippen LogP contribution in [-0.2, 0) is 4.79 Å². The first-order valence-corrected chi connectivity index (χ1v) is 7.22. The van der Waals surface area contributed by atoms with Gasteiger partial charge in [-0.3, -0.25) is 9.20 Å². The third kappa shape index (κ3) is 2.70. The van der Waals surface area contributed by atoms with Gasteiger partial charge in [-0.25, -0.2) is 9.37 Å². The van der Waals surface area contributed by atoms with Crippen molar-refractivity contribution in [2.75, 3.05) is 5.32 Å². The number of hydrogen-bond donors (Lipinski definition) is 1. The molecule has 112 valence electrons. The van der Waals surface area contributed by atoms with Crippen LogP contribution in [0.2, 0.25) is 0 Å². The van der Waals surface area contributed by atoms with Crippen LogP contribution >= 0.6 is 0 Å². The Hall–Kier alpha value is -2.69. The normalized spacial score (nSPS) is 10.8. The van der Waals surface area contributed by atoms with E-state index in [1.165, 1.54) is 12.1 Å². The first kappa shape index (κ1) is 14.3. The van der Waals surface area contributed by atoms with E-state index < -0.39 is 0 Å². The van der Waals surface area contributed by atoms with Crippen molar-refractivity contribution in [1.82, 2.24) is 9.38 Å². The molecule has 4 nitrogen and oxygen atoms in total. The molecule has 0 atom stereocenters. The number of fused-ring (bicyclic) bond motifs is 1. The van der Waals surface area contributed by atoms with Gasteiger partial charge in [-0.1, -0.05) is 13.0 Å². The van der Waals surface area contributed by atoms with Crippen LogP contribution in [-0.4, -0.2) is 15.3 Å². The number of carbonyl (C=O) groups is 1. The molecular weight excluding hydrogens is 281 g/mol. The molecule has 0 bridgehead atoms. The molecule has 1 N–H and O–H groups in total. The van der Waals surface area contributed by atoms with E-state index in [0.717, 1.165) is 17.6 Å². The van der Waals surface area contributed by atoms with Crippen LogP contribution in [0.5, 0.6) is 0 Å². The highest BCUT2D eigenvalue weighted by Gasteiger charge is 2.15. The van der Waals surface area contributed by atoms with Crippen LogP contribution in [0.25, 0.3) is 16.9 Å². The van der Waals surface area contributed by atoms with Crippen LogP contribution in [0.3, 0.4) is 0 Å². The maximum Gasteiger partial charge on any atom is 0.225 e. The van der Waals surface area contributed by atoms with Crippen molar-refractivity contribution in [1.29, 1.82) is 0 Å². The minimum atomic E-state index is -0.302. The number of imidazole rings is 1. The third-order valence-corrected chi connectivity index (χ3v) is 3.38. The summed E-state index contributed by atoms with van der Waals surface area (Å²) in [6, 6.07) is 11.7. The maximum absolute atomic E-state index is 13.1. The van der Waals surface area contributed by atoms with Crippen molar-refractivity contribution in [2.45, 2.75) is 19.8 Å². The number of benzene rings is 1. The number of nitrogens with zero attached hydrogens (tertiary/aromatic N) is 2. The quantitative estimate of drug-likeness (QED) is 0.794. The van der Waals surface area contributed by atoms with E-state index >= 15 is 0 Å². The zero-order valence-corrected chi connectivity index (χ0v) is 12.2. The predicted octanol–water partition coefficient (Wildman–Crippen LogP) is 3.88. The zero-order valence-electron chi connectivity index (χ0n) is 12.2. The summed E-state index contributed by atoms with van der Waals surface area (Å²) in [6.45, 7) is 1.95. The Balaban J connectivity index is 2.11. The Morgan fingerprint density at radius 2 is 2.00 bits per heavy atom. The lowest BCUT2D eigenvalue weighted by Crippen LogP contribution is -2.13. The van der Waals surface area contributed by atoms with E-state index in [0.29, 0.717) is 17.9 Å². The van der Waals surface area contributed by atoms with E-state index in [1.807, 2.05) is 35.7 Å². The number of anilines is 1. The average molecular weight is 297 g/mol. The molecule has 0 aliphatic carbocycles. The van der Waals surface area contributed by atoms with E-state index in [4.69, 9.17) is 0 Å². The van der Waals surface area contributed by atoms with Crippen molar-refractivity contribution < 1.29 is 9.18 Å². The number of aromatic nitrogens is 2. The van der Waals surface area contributed by atoms with Gasteiger partial charge in [0.25, 0.3) is 0 Å². The molecule has 1 amide bonds. The van der Waals surface area contributed by atoms with E-state index in [-0.39, 0.29) is 11.7 Å². The molecule has 5 heteroatoms. The summed E-state index contributed by atoms with van der Waals surface area (Å²) < 4.78 is 14.9. The lowest BCUT2D eigenvalue weighted by molar-refractivity contribution is -0.116. The van der Waals surface area contributed by atoms with Gasteiger partial charge in [0.2, 0.25) is 5.91 Å². The molecule has 2 aromatic heterocycles. The number of pyridine rings is 1. The number of hydrogen-bond acceptors (Lipinski definition) is 2. The highest BCUT2D eigenvalue weighted by molar-refractivity contribution is 5.94. The molecule has 22 heavy (non-hydrogen) atoms. The fourth-order valence-corrected chi connectivity index (χ4v) is 2.35. The van der Waals surface area contributed by atoms with Crippen molar-refractivity contribution >= 4 is 17.4 Å². The summed E-state index contributed by atoms with van der Waals surface area (Å²) in [5.41, 5.74) is 2.13. The Kier molecular flexibility index (Phi) is 3.87. The molecule has 0 fully saturated rings. The molecule has 2 heterocycles. The van der Waals surface area contributed by atoms with Gasteiger partial charge < -0.3 is 5.32 Å². The van der Waals surface area contributed by atoms with Gasteiger partial charge in [0.1, 0.15) is 23.0 Å². The van der Waals surface area contributed by atoms with Gasteiger partial charge in [0, 0.05) is 18.2 Å². The number of rotatable bonds is 4. The number of amides is 1. The molecule has 3 aromatic rings. The highest BCUT2D eigenvalue weighted by atomic mass is 19.1. The molecule has 0 aliphatic rings. The van der Waals surface area contributed by atoms with Crippen molar-refractivity contribution in [3.8, 4) is 11.3 Å². The first-order chi connectivity index (χ1) is 10.7. The predicted molar refractivity (Wildman–Crippen MR) is 84.1 cm³/mol. The minimum Gasteiger partial charge on any atom is -0.310 e. The molecule has 3 rings (SSSR count). The van der Waals surface area contributed by atoms with Gasteiger partial charge in [0.05, 0.1) is 0 Å².